The van der Waals surface area contributed by atoms with Gasteiger partial charge in [-0.1, -0.05) is 45.0 Å². The number of hydrogen-bond donors (Lipinski definition) is 2. The van der Waals surface area contributed by atoms with E-state index >= 15 is 0 Å². The fraction of sp³-hybridized carbons (Fsp3) is 0.158. The summed E-state index contributed by atoms with van der Waals surface area (Å²) >= 11 is 0. The Morgan fingerprint density at radius 2 is 1.65 bits per heavy atom. The summed E-state index contributed by atoms with van der Waals surface area (Å²) in [6, 6.07) is -0.584. The van der Waals surface area contributed by atoms with Crippen molar-refractivity contribution < 1.29 is 9.59 Å². The summed E-state index contributed by atoms with van der Waals surface area (Å²) in [6.07, 6.45) is 5.05. The number of allylic oxidation sites excluding steroid dienone is 4. The van der Waals surface area contributed by atoms with E-state index < -0.39 is 6.04 Å². The minimum Gasteiger partial charge on any atom is -0.340 e. The predicted molar refractivity (Wildman–Crippen MR) is 94.3 cm³/mol. The second kappa shape index (κ2) is 7.40. The molecule has 4 heteroatoms. The number of rotatable bonds is 6. The SMILES string of the molecule is C=CC1=CC(=C)C(NC(=O)C(=C)C)C(NC(=O)C(=C)C)=C1C=C. The van der Waals surface area contributed by atoms with E-state index in [2.05, 4.69) is 43.5 Å². The topological polar surface area (TPSA) is 58.2 Å². The number of carbonyl (C=O) groups is 2. The third-order valence-corrected chi connectivity index (χ3v) is 3.32. The summed E-state index contributed by atoms with van der Waals surface area (Å²) in [6.45, 7) is 22.0. The third kappa shape index (κ3) is 4.07. The van der Waals surface area contributed by atoms with Crippen LogP contribution in [0.3, 0.4) is 0 Å². The Balaban J connectivity index is 3.38. The molecule has 1 aliphatic rings. The highest BCUT2D eigenvalue weighted by atomic mass is 16.2. The molecule has 4 nitrogen and oxygen atoms in total. The molecule has 0 spiro atoms. The van der Waals surface area contributed by atoms with Gasteiger partial charge in [-0.3, -0.25) is 9.59 Å². The molecule has 0 heterocycles. The van der Waals surface area contributed by atoms with Crippen LogP contribution in [0.15, 0.2) is 84.7 Å². The third-order valence-electron chi connectivity index (χ3n) is 3.32. The monoisotopic (exact) mass is 310 g/mol. The van der Waals surface area contributed by atoms with E-state index in [0.717, 1.165) is 5.57 Å². The summed E-state index contributed by atoms with van der Waals surface area (Å²) in [5, 5.41) is 5.59. The van der Waals surface area contributed by atoms with Crippen molar-refractivity contribution in [1.29, 1.82) is 0 Å². The van der Waals surface area contributed by atoms with Gasteiger partial charge in [0.2, 0.25) is 5.91 Å². The van der Waals surface area contributed by atoms with E-state index in [-0.39, 0.29) is 11.8 Å². The highest BCUT2D eigenvalue weighted by molar-refractivity contribution is 5.95. The zero-order valence-electron chi connectivity index (χ0n) is 13.7. The van der Waals surface area contributed by atoms with Crippen LogP contribution in [-0.4, -0.2) is 17.9 Å². The molecule has 0 bridgehead atoms. The van der Waals surface area contributed by atoms with Gasteiger partial charge in [0, 0.05) is 16.7 Å². The second-order valence-corrected chi connectivity index (χ2v) is 5.33. The molecule has 0 saturated heterocycles. The number of hydrogen-bond acceptors (Lipinski definition) is 2. The largest absolute Gasteiger partial charge is 0.340 e. The van der Waals surface area contributed by atoms with Gasteiger partial charge < -0.3 is 10.6 Å². The molecule has 0 fully saturated rings. The van der Waals surface area contributed by atoms with Gasteiger partial charge in [-0.15, -0.1) is 0 Å². The van der Waals surface area contributed by atoms with Gasteiger partial charge in [-0.25, -0.2) is 0 Å². The zero-order chi connectivity index (χ0) is 17.7. The molecule has 0 saturated carbocycles. The van der Waals surface area contributed by atoms with Crippen LogP contribution in [-0.2, 0) is 9.59 Å². The van der Waals surface area contributed by atoms with Gasteiger partial charge in [-0.2, -0.15) is 0 Å². The van der Waals surface area contributed by atoms with Crippen molar-refractivity contribution in [2.45, 2.75) is 19.9 Å². The molecule has 1 unspecified atom stereocenters. The average Bonchev–Trinajstić information content (AvgIpc) is 2.49. The Kier molecular flexibility index (Phi) is 5.85. The lowest BCUT2D eigenvalue weighted by molar-refractivity contribution is -0.119. The summed E-state index contributed by atoms with van der Waals surface area (Å²) in [5.41, 5.74) is 3.27. The molecule has 0 radical (unpaired) electrons. The molecule has 2 amide bonds. The number of nitrogens with one attached hydrogen (secondary N) is 2. The van der Waals surface area contributed by atoms with Crippen molar-refractivity contribution in [2.75, 3.05) is 0 Å². The fourth-order valence-corrected chi connectivity index (χ4v) is 2.04. The molecule has 1 rings (SSSR count). The molecule has 0 aromatic rings. The average molecular weight is 310 g/mol. The first-order valence-electron chi connectivity index (χ1n) is 7.06. The molecular formula is C19H22N2O2. The van der Waals surface area contributed by atoms with Crippen molar-refractivity contribution in [3.63, 3.8) is 0 Å². The molecule has 1 aliphatic carbocycles. The normalized spacial score (nSPS) is 17.0. The maximum Gasteiger partial charge on any atom is 0.250 e. The van der Waals surface area contributed by atoms with Crippen LogP contribution in [0.5, 0.6) is 0 Å². The molecule has 0 aromatic carbocycles. The Morgan fingerprint density at radius 1 is 1.09 bits per heavy atom. The number of carbonyl (C=O) groups excluding carboxylic acids is 2. The first-order valence-corrected chi connectivity index (χ1v) is 7.06. The van der Waals surface area contributed by atoms with E-state index in [4.69, 9.17) is 0 Å². The lowest BCUT2D eigenvalue weighted by Crippen LogP contribution is -2.45. The summed E-state index contributed by atoms with van der Waals surface area (Å²) in [7, 11) is 0. The quantitative estimate of drug-likeness (QED) is 0.741. The van der Waals surface area contributed by atoms with E-state index in [1.807, 2.05) is 0 Å². The Bertz CT molecular complexity index is 690. The van der Waals surface area contributed by atoms with Crippen molar-refractivity contribution in [2.24, 2.45) is 0 Å². The fourth-order valence-electron chi connectivity index (χ4n) is 2.04. The maximum atomic E-state index is 12.1. The van der Waals surface area contributed by atoms with Crippen LogP contribution in [0.1, 0.15) is 13.8 Å². The smallest absolute Gasteiger partial charge is 0.250 e. The Hall–Kier alpha value is -2.88. The van der Waals surface area contributed by atoms with Crippen molar-refractivity contribution in [1.82, 2.24) is 10.6 Å². The van der Waals surface area contributed by atoms with Crippen LogP contribution in [0.2, 0.25) is 0 Å². The van der Waals surface area contributed by atoms with Gasteiger partial charge in [0.25, 0.3) is 5.91 Å². The molecule has 1 atom stereocenters. The van der Waals surface area contributed by atoms with Gasteiger partial charge >= 0.3 is 0 Å². The lowest BCUT2D eigenvalue weighted by atomic mass is 9.88. The molecule has 2 N–H and O–H groups in total. The molecule has 0 aromatic heterocycles. The van der Waals surface area contributed by atoms with E-state index in [1.54, 1.807) is 32.1 Å². The van der Waals surface area contributed by atoms with Gasteiger partial charge in [0.05, 0.1) is 11.7 Å². The van der Waals surface area contributed by atoms with Gasteiger partial charge in [0.1, 0.15) is 0 Å². The van der Waals surface area contributed by atoms with Crippen molar-refractivity contribution >= 4 is 11.8 Å². The number of amides is 2. The minimum atomic E-state index is -0.584. The van der Waals surface area contributed by atoms with E-state index in [1.165, 1.54) is 0 Å². The van der Waals surface area contributed by atoms with E-state index in [0.29, 0.717) is 28.0 Å². The van der Waals surface area contributed by atoms with Crippen LogP contribution in [0.25, 0.3) is 0 Å². The van der Waals surface area contributed by atoms with Crippen LogP contribution < -0.4 is 10.6 Å². The summed E-state index contributed by atoms with van der Waals surface area (Å²) in [5.74, 6) is -0.663. The molecule has 23 heavy (non-hydrogen) atoms. The second-order valence-electron chi connectivity index (χ2n) is 5.33. The van der Waals surface area contributed by atoms with Crippen molar-refractivity contribution in [3.05, 3.63) is 84.7 Å². The van der Waals surface area contributed by atoms with Gasteiger partial charge in [0.15, 0.2) is 0 Å². The first-order chi connectivity index (χ1) is 10.7. The highest BCUT2D eigenvalue weighted by Crippen LogP contribution is 2.28. The summed E-state index contributed by atoms with van der Waals surface area (Å²) < 4.78 is 0. The molecule has 0 aliphatic heterocycles. The summed E-state index contributed by atoms with van der Waals surface area (Å²) in [4.78, 5) is 24.1. The van der Waals surface area contributed by atoms with E-state index in [9.17, 15) is 9.59 Å². The Labute approximate surface area is 137 Å². The zero-order valence-corrected chi connectivity index (χ0v) is 13.7. The molecular weight excluding hydrogens is 288 g/mol. The first kappa shape index (κ1) is 18.2. The van der Waals surface area contributed by atoms with Crippen LogP contribution in [0, 0.1) is 0 Å². The molecule has 120 valence electrons. The van der Waals surface area contributed by atoms with Crippen LogP contribution >= 0.6 is 0 Å². The predicted octanol–water partition coefficient (Wildman–Crippen LogP) is 2.86. The van der Waals surface area contributed by atoms with Gasteiger partial charge in [-0.05, 0) is 31.1 Å². The highest BCUT2D eigenvalue weighted by Gasteiger charge is 2.28. The van der Waals surface area contributed by atoms with Crippen molar-refractivity contribution in [3.8, 4) is 0 Å². The lowest BCUT2D eigenvalue weighted by Gasteiger charge is -2.29. The Morgan fingerprint density at radius 3 is 2.09 bits per heavy atom. The maximum absolute atomic E-state index is 12.1. The van der Waals surface area contributed by atoms with Crippen LogP contribution in [0.4, 0.5) is 0 Å². The minimum absolute atomic E-state index is 0.322. The standard InChI is InChI=1S/C19H22N2O2/c1-8-14-10-13(7)16(20-18(22)11(3)4)17(15(14)9-2)21-19(23)12(5)6/h8-10,16H,1-3,5,7H2,4,6H3,(H,20,22)(H,21,23).